The number of hydrogen-bond donors (Lipinski definition) is 2. The van der Waals surface area contributed by atoms with Crippen LogP contribution in [0.3, 0.4) is 0 Å². The number of thiophene rings is 1. The number of rotatable bonds is 7. The molecule has 0 aliphatic carbocycles. The van der Waals surface area contributed by atoms with Crippen molar-refractivity contribution in [3.05, 3.63) is 62.5 Å². The van der Waals surface area contributed by atoms with E-state index in [1.807, 2.05) is 39.0 Å². The van der Waals surface area contributed by atoms with E-state index < -0.39 is 0 Å². The van der Waals surface area contributed by atoms with Crippen LogP contribution in [-0.4, -0.2) is 26.7 Å². The summed E-state index contributed by atoms with van der Waals surface area (Å²) in [6.07, 6.45) is 0.935. The number of thioether (sulfide) groups is 1. The van der Waals surface area contributed by atoms with E-state index in [1.165, 1.54) is 16.9 Å². The number of hydrogen-bond acceptors (Lipinski definition) is 8. The van der Waals surface area contributed by atoms with Crippen LogP contribution in [0.25, 0.3) is 10.2 Å². The standard InChI is InChI=1S/C20H21N5OS3/c1-11-12(2)27-18-15(11)17(26)22-16(23-18)13(3)28-20-25-24-19(29-20)21-10-9-14-7-5-4-6-8-14/h4-8,13H,9-10H2,1-3H3,(H,21,24)(H,22,23,26)/t13-/m0/s1. The highest BCUT2D eigenvalue weighted by Crippen LogP contribution is 2.36. The minimum absolute atomic E-state index is 0.0278. The van der Waals surface area contributed by atoms with Crippen molar-refractivity contribution in [1.82, 2.24) is 20.2 Å². The lowest BCUT2D eigenvalue weighted by Gasteiger charge is -2.07. The quantitative estimate of drug-likeness (QED) is 0.393. The molecule has 3 heterocycles. The van der Waals surface area contributed by atoms with Gasteiger partial charge in [0.25, 0.3) is 5.56 Å². The Labute approximate surface area is 180 Å². The van der Waals surface area contributed by atoms with Crippen molar-refractivity contribution in [2.45, 2.75) is 36.8 Å². The predicted octanol–water partition coefficient (Wildman–Crippen LogP) is 4.96. The SMILES string of the molecule is Cc1sc2nc([C@H](C)Sc3nnc(NCCc4ccccc4)s3)[nH]c(=O)c2c1C. The number of nitrogens with one attached hydrogen (secondary N) is 2. The van der Waals surface area contributed by atoms with Crippen LogP contribution < -0.4 is 10.9 Å². The van der Waals surface area contributed by atoms with Gasteiger partial charge in [-0.3, -0.25) is 4.79 Å². The van der Waals surface area contributed by atoms with Gasteiger partial charge in [-0.05, 0) is 38.3 Å². The van der Waals surface area contributed by atoms with Crippen molar-refractivity contribution in [2.75, 3.05) is 11.9 Å². The van der Waals surface area contributed by atoms with Crippen LogP contribution in [0.5, 0.6) is 0 Å². The fourth-order valence-electron chi connectivity index (χ4n) is 2.96. The highest BCUT2D eigenvalue weighted by atomic mass is 32.2. The number of fused-ring (bicyclic) bond motifs is 1. The van der Waals surface area contributed by atoms with E-state index in [-0.39, 0.29) is 10.8 Å². The van der Waals surface area contributed by atoms with Gasteiger partial charge in [0.1, 0.15) is 10.7 Å². The van der Waals surface area contributed by atoms with Gasteiger partial charge in [-0.2, -0.15) is 0 Å². The lowest BCUT2D eigenvalue weighted by Crippen LogP contribution is -2.12. The molecule has 4 rings (SSSR count). The smallest absolute Gasteiger partial charge is 0.259 e. The summed E-state index contributed by atoms with van der Waals surface area (Å²) >= 11 is 4.64. The molecule has 0 aliphatic heterocycles. The zero-order valence-corrected chi connectivity index (χ0v) is 18.8. The fraction of sp³-hybridized carbons (Fsp3) is 0.300. The van der Waals surface area contributed by atoms with Gasteiger partial charge in [0.2, 0.25) is 5.13 Å². The molecule has 0 amide bonds. The van der Waals surface area contributed by atoms with E-state index in [9.17, 15) is 4.79 Å². The molecule has 29 heavy (non-hydrogen) atoms. The maximum atomic E-state index is 12.5. The van der Waals surface area contributed by atoms with Crippen LogP contribution in [0.4, 0.5) is 5.13 Å². The molecule has 0 saturated carbocycles. The van der Waals surface area contributed by atoms with Crippen LogP contribution in [0, 0.1) is 13.8 Å². The summed E-state index contributed by atoms with van der Waals surface area (Å²) in [6, 6.07) is 10.3. The molecule has 0 fully saturated rings. The van der Waals surface area contributed by atoms with Gasteiger partial charge in [0.15, 0.2) is 4.34 Å². The minimum Gasteiger partial charge on any atom is -0.360 e. The number of nitrogens with zero attached hydrogens (tertiary/aromatic N) is 3. The lowest BCUT2D eigenvalue weighted by atomic mass is 10.2. The molecule has 0 radical (unpaired) electrons. The summed E-state index contributed by atoms with van der Waals surface area (Å²) in [7, 11) is 0. The van der Waals surface area contributed by atoms with E-state index in [0.717, 1.165) is 37.7 Å². The average molecular weight is 444 g/mol. The van der Waals surface area contributed by atoms with Gasteiger partial charge in [-0.15, -0.1) is 21.5 Å². The molecule has 0 spiro atoms. The first-order chi connectivity index (χ1) is 14.0. The third-order valence-electron chi connectivity index (χ3n) is 4.66. The zero-order chi connectivity index (χ0) is 20.4. The summed E-state index contributed by atoms with van der Waals surface area (Å²) in [6.45, 7) is 6.82. The maximum absolute atomic E-state index is 12.5. The molecule has 3 aromatic heterocycles. The lowest BCUT2D eigenvalue weighted by molar-refractivity contribution is 0.917. The largest absolute Gasteiger partial charge is 0.360 e. The topological polar surface area (TPSA) is 83.6 Å². The van der Waals surface area contributed by atoms with Gasteiger partial charge in [0.05, 0.1) is 10.6 Å². The molecule has 0 bridgehead atoms. The number of anilines is 1. The van der Waals surface area contributed by atoms with Crippen molar-refractivity contribution in [3.63, 3.8) is 0 Å². The summed E-state index contributed by atoms with van der Waals surface area (Å²) in [5.74, 6) is 0.669. The second kappa shape index (κ2) is 8.64. The summed E-state index contributed by atoms with van der Waals surface area (Å²) < 4.78 is 0.848. The molecule has 0 saturated heterocycles. The number of H-pyrrole nitrogens is 1. The summed E-state index contributed by atoms with van der Waals surface area (Å²) in [5.41, 5.74) is 2.23. The van der Waals surface area contributed by atoms with E-state index in [1.54, 1.807) is 23.1 Å². The van der Waals surface area contributed by atoms with Crippen molar-refractivity contribution in [1.29, 1.82) is 0 Å². The predicted molar refractivity (Wildman–Crippen MR) is 123 cm³/mol. The van der Waals surface area contributed by atoms with Gasteiger partial charge < -0.3 is 10.3 Å². The molecular weight excluding hydrogens is 422 g/mol. The Morgan fingerprint density at radius 1 is 1.17 bits per heavy atom. The number of aromatic nitrogens is 4. The molecule has 2 N–H and O–H groups in total. The average Bonchev–Trinajstić information content (AvgIpc) is 3.26. The number of aryl methyl sites for hydroxylation is 2. The Hall–Kier alpha value is -2.23. The van der Waals surface area contributed by atoms with Crippen LogP contribution in [-0.2, 0) is 6.42 Å². The summed E-state index contributed by atoms with van der Waals surface area (Å²) in [5, 5.41) is 13.3. The van der Waals surface area contributed by atoms with Gasteiger partial charge >= 0.3 is 0 Å². The van der Waals surface area contributed by atoms with Gasteiger partial charge in [0, 0.05) is 11.4 Å². The molecule has 1 aromatic carbocycles. The molecule has 6 nitrogen and oxygen atoms in total. The maximum Gasteiger partial charge on any atom is 0.259 e. The highest BCUT2D eigenvalue weighted by Gasteiger charge is 2.17. The first kappa shape index (κ1) is 20.1. The molecule has 0 unspecified atom stereocenters. The number of aromatic amines is 1. The third kappa shape index (κ3) is 4.52. The van der Waals surface area contributed by atoms with Gasteiger partial charge in [-0.1, -0.05) is 53.4 Å². The van der Waals surface area contributed by atoms with Crippen molar-refractivity contribution >= 4 is 49.8 Å². The molecular formula is C20H21N5OS3. The fourth-order valence-corrected chi connectivity index (χ4v) is 5.97. The third-order valence-corrected chi connectivity index (χ3v) is 7.83. The van der Waals surface area contributed by atoms with E-state index >= 15 is 0 Å². The zero-order valence-electron chi connectivity index (χ0n) is 16.4. The molecule has 150 valence electrons. The van der Waals surface area contributed by atoms with Crippen LogP contribution in [0.1, 0.15) is 34.0 Å². The summed E-state index contributed by atoms with van der Waals surface area (Å²) in [4.78, 5) is 22.1. The van der Waals surface area contributed by atoms with Crippen molar-refractivity contribution in [3.8, 4) is 0 Å². The Morgan fingerprint density at radius 2 is 1.97 bits per heavy atom. The minimum atomic E-state index is -0.0696. The van der Waals surface area contributed by atoms with E-state index in [2.05, 4.69) is 37.6 Å². The molecule has 1 atom stereocenters. The Balaban J connectivity index is 1.40. The van der Waals surface area contributed by atoms with E-state index in [4.69, 9.17) is 0 Å². The highest BCUT2D eigenvalue weighted by molar-refractivity contribution is 8.01. The van der Waals surface area contributed by atoms with Crippen molar-refractivity contribution < 1.29 is 0 Å². The monoisotopic (exact) mass is 443 g/mol. The number of benzene rings is 1. The second-order valence-electron chi connectivity index (χ2n) is 6.71. The first-order valence-corrected chi connectivity index (χ1v) is 11.8. The normalized spacial score (nSPS) is 12.4. The van der Waals surface area contributed by atoms with Crippen LogP contribution in [0.15, 0.2) is 39.5 Å². The Morgan fingerprint density at radius 3 is 2.76 bits per heavy atom. The molecule has 9 heteroatoms. The van der Waals surface area contributed by atoms with Crippen LogP contribution in [0.2, 0.25) is 0 Å². The van der Waals surface area contributed by atoms with Crippen molar-refractivity contribution in [2.24, 2.45) is 0 Å². The van der Waals surface area contributed by atoms with Gasteiger partial charge in [-0.25, -0.2) is 4.98 Å². The van der Waals surface area contributed by atoms with Crippen LogP contribution >= 0.6 is 34.4 Å². The Kier molecular flexibility index (Phi) is 5.98. The molecule has 4 aromatic rings. The molecule has 0 aliphatic rings. The van der Waals surface area contributed by atoms with E-state index in [0.29, 0.717) is 11.2 Å². The first-order valence-electron chi connectivity index (χ1n) is 9.29. The Bertz CT molecular complexity index is 1180. The second-order valence-corrected chi connectivity index (χ2v) is 10.5.